The number of hydrogen-bond acceptors (Lipinski definition) is 4. The van der Waals surface area contributed by atoms with Gasteiger partial charge in [-0.25, -0.2) is 4.79 Å². The minimum atomic E-state index is -0.605. The summed E-state index contributed by atoms with van der Waals surface area (Å²) in [6.45, 7) is 8.28. The van der Waals surface area contributed by atoms with Crippen molar-refractivity contribution in [3.8, 4) is 0 Å². The fourth-order valence-corrected chi connectivity index (χ4v) is 0.540. The maximum Gasteiger partial charge on any atom is 0.333 e. The minimum absolute atomic E-state index is 0.354. The molecular formula is C10H16O4. The molecule has 0 aromatic heterocycles. The lowest BCUT2D eigenvalue weighted by molar-refractivity contribution is -0.171. The van der Waals surface area contributed by atoms with Gasteiger partial charge in [-0.05, 0) is 20.3 Å². The molecule has 0 amide bonds. The Morgan fingerprint density at radius 1 is 1.36 bits per heavy atom. The second-order valence-corrected chi connectivity index (χ2v) is 3.45. The van der Waals surface area contributed by atoms with Gasteiger partial charge in [0.2, 0.25) is 6.79 Å². The molecule has 0 heterocycles. The van der Waals surface area contributed by atoms with Gasteiger partial charge in [0.1, 0.15) is 0 Å². The highest BCUT2D eigenvalue weighted by Crippen LogP contribution is 2.21. The van der Waals surface area contributed by atoms with Crippen LogP contribution in [0, 0.1) is 5.41 Å². The van der Waals surface area contributed by atoms with Crippen LogP contribution in [-0.4, -0.2) is 18.7 Å². The van der Waals surface area contributed by atoms with E-state index in [1.165, 1.54) is 0 Å². The number of carbonyl (C=O) groups is 2. The van der Waals surface area contributed by atoms with Gasteiger partial charge in [0, 0.05) is 6.08 Å². The molecule has 0 saturated heterocycles. The molecule has 0 spiro atoms. The Morgan fingerprint density at radius 3 is 2.36 bits per heavy atom. The lowest BCUT2D eigenvalue weighted by atomic mass is 9.91. The molecule has 0 bridgehead atoms. The molecule has 0 rings (SSSR count). The van der Waals surface area contributed by atoms with Crippen LogP contribution >= 0.6 is 0 Å². The summed E-state index contributed by atoms with van der Waals surface area (Å²) >= 11 is 0. The molecule has 0 aromatic carbocycles. The number of ether oxygens (including phenoxy) is 2. The molecule has 0 aliphatic heterocycles. The Hall–Kier alpha value is -1.32. The van der Waals surface area contributed by atoms with E-state index < -0.39 is 11.4 Å². The first-order valence-corrected chi connectivity index (χ1v) is 4.40. The highest BCUT2D eigenvalue weighted by molar-refractivity contribution is 5.81. The summed E-state index contributed by atoms with van der Waals surface area (Å²) in [5, 5.41) is 0. The third kappa shape index (κ3) is 4.07. The maximum atomic E-state index is 11.3. The van der Waals surface area contributed by atoms with Crippen LogP contribution in [0.2, 0.25) is 0 Å². The van der Waals surface area contributed by atoms with Gasteiger partial charge in [-0.3, -0.25) is 4.79 Å². The Morgan fingerprint density at radius 2 is 1.93 bits per heavy atom. The lowest BCUT2D eigenvalue weighted by Crippen LogP contribution is -2.27. The predicted octanol–water partition coefficient (Wildman–Crippen LogP) is 1.65. The SMILES string of the molecule is C=CC(=O)OCOC(=O)C(C)(C)CC. The van der Waals surface area contributed by atoms with Crippen molar-refractivity contribution in [1.82, 2.24) is 0 Å². The maximum absolute atomic E-state index is 11.3. The van der Waals surface area contributed by atoms with E-state index >= 15 is 0 Å². The van der Waals surface area contributed by atoms with Crippen molar-refractivity contribution in [3.63, 3.8) is 0 Å². The van der Waals surface area contributed by atoms with Crippen LogP contribution in [0.5, 0.6) is 0 Å². The zero-order valence-electron chi connectivity index (χ0n) is 8.83. The summed E-state index contributed by atoms with van der Waals surface area (Å²) in [5.41, 5.74) is -0.541. The van der Waals surface area contributed by atoms with E-state index in [0.717, 1.165) is 6.08 Å². The number of esters is 2. The standard InChI is InChI=1S/C10H16O4/c1-5-8(11)13-7-14-9(12)10(3,4)6-2/h5H,1,6-7H2,2-4H3. The molecule has 80 valence electrons. The molecular weight excluding hydrogens is 184 g/mol. The first-order chi connectivity index (χ1) is 6.44. The summed E-state index contributed by atoms with van der Waals surface area (Å²) in [6.07, 6.45) is 1.68. The zero-order valence-corrected chi connectivity index (χ0v) is 8.83. The van der Waals surface area contributed by atoms with E-state index in [4.69, 9.17) is 4.74 Å². The normalized spacial score (nSPS) is 10.5. The first kappa shape index (κ1) is 12.7. The highest BCUT2D eigenvalue weighted by Gasteiger charge is 2.27. The van der Waals surface area contributed by atoms with E-state index in [9.17, 15) is 9.59 Å². The molecule has 0 aromatic rings. The molecule has 4 nitrogen and oxygen atoms in total. The third-order valence-corrected chi connectivity index (χ3v) is 1.99. The zero-order chi connectivity index (χ0) is 11.2. The van der Waals surface area contributed by atoms with Gasteiger partial charge in [0.05, 0.1) is 5.41 Å². The van der Waals surface area contributed by atoms with Gasteiger partial charge in [0.15, 0.2) is 0 Å². The summed E-state index contributed by atoms with van der Waals surface area (Å²) in [7, 11) is 0. The van der Waals surface area contributed by atoms with Gasteiger partial charge in [-0.1, -0.05) is 13.5 Å². The van der Waals surface area contributed by atoms with Gasteiger partial charge in [0.25, 0.3) is 0 Å². The van der Waals surface area contributed by atoms with Crippen LogP contribution < -0.4 is 0 Å². The fourth-order valence-electron chi connectivity index (χ4n) is 0.540. The average molecular weight is 200 g/mol. The molecule has 0 N–H and O–H groups in total. The average Bonchev–Trinajstić information content (AvgIpc) is 2.17. The van der Waals surface area contributed by atoms with Gasteiger partial charge in [-0.2, -0.15) is 0 Å². The largest absolute Gasteiger partial charge is 0.427 e. The molecule has 0 unspecified atom stereocenters. The van der Waals surface area contributed by atoms with E-state index in [1.54, 1.807) is 13.8 Å². The Bertz CT molecular complexity index is 230. The first-order valence-electron chi connectivity index (χ1n) is 4.40. The molecule has 0 radical (unpaired) electrons. The second kappa shape index (κ2) is 5.42. The minimum Gasteiger partial charge on any atom is -0.427 e. The van der Waals surface area contributed by atoms with Crippen LogP contribution in [0.1, 0.15) is 27.2 Å². The quantitative estimate of drug-likeness (QED) is 0.384. The predicted molar refractivity (Wildman–Crippen MR) is 51.3 cm³/mol. The van der Waals surface area contributed by atoms with Crippen LogP contribution in [0.4, 0.5) is 0 Å². The molecule has 0 aliphatic rings. The fraction of sp³-hybridized carbons (Fsp3) is 0.600. The highest BCUT2D eigenvalue weighted by atomic mass is 16.7. The Balaban J connectivity index is 3.86. The smallest absolute Gasteiger partial charge is 0.333 e. The van der Waals surface area contributed by atoms with Gasteiger partial charge < -0.3 is 9.47 Å². The molecule has 0 aliphatic carbocycles. The number of carbonyl (C=O) groups excluding carboxylic acids is 2. The molecule has 0 fully saturated rings. The molecule has 4 heteroatoms. The summed E-state index contributed by atoms with van der Waals surface area (Å²) in [6, 6.07) is 0. The molecule has 14 heavy (non-hydrogen) atoms. The van der Waals surface area contributed by atoms with Crippen molar-refractivity contribution < 1.29 is 19.1 Å². The number of rotatable bonds is 5. The Kier molecular flexibility index (Phi) is 4.91. The van der Waals surface area contributed by atoms with Gasteiger partial charge in [-0.15, -0.1) is 0 Å². The van der Waals surface area contributed by atoms with Crippen LogP contribution in [0.3, 0.4) is 0 Å². The third-order valence-electron chi connectivity index (χ3n) is 1.99. The van der Waals surface area contributed by atoms with E-state index in [2.05, 4.69) is 11.3 Å². The lowest BCUT2D eigenvalue weighted by Gasteiger charge is -2.19. The summed E-state index contributed by atoms with van der Waals surface area (Å²) in [4.78, 5) is 21.9. The van der Waals surface area contributed by atoms with Crippen molar-refractivity contribution >= 4 is 11.9 Å². The van der Waals surface area contributed by atoms with Crippen molar-refractivity contribution in [2.45, 2.75) is 27.2 Å². The van der Waals surface area contributed by atoms with Crippen LogP contribution in [-0.2, 0) is 19.1 Å². The van der Waals surface area contributed by atoms with Crippen molar-refractivity contribution in [1.29, 1.82) is 0 Å². The second-order valence-electron chi connectivity index (χ2n) is 3.45. The monoisotopic (exact) mass is 200 g/mol. The summed E-state index contributed by atoms with van der Waals surface area (Å²) in [5.74, 6) is -0.982. The van der Waals surface area contributed by atoms with Crippen LogP contribution in [0.25, 0.3) is 0 Å². The van der Waals surface area contributed by atoms with E-state index in [-0.39, 0.29) is 12.8 Å². The van der Waals surface area contributed by atoms with Crippen LogP contribution in [0.15, 0.2) is 12.7 Å². The topological polar surface area (TPSA) is 52.6 Å². The summed E-state index contributed by atoms with van der Waals surface area (Å²) < 4.78 is 9.24. The van der Waals surface area contributed by atoms with E-state index in [0.29, 0.717) is 6.42 Å². The van der Waals surface area contributed by atoms with Gasteiger partial charge >= 0.3 is 11.9 Å². The van der Waals surface area contributed by atoms with E-state index in [1.807, 2.05) is 6.92 Å². The van der Waals surface area contributed by atoms with Crippen molar-refractivity contribution in [3.05, 3.63) is 12.7 Å². The molecule has 0 atom stereocenters. The Labute approximate surface area is 83.9 Å². The number of hydrogen-bond donors (Lipinski definition) is 0. The van der Waals surface area contributed by atoms with Crippen molar-refractivity contribution in [2.75, 3.05) is 6.79 Å². The molecule has 0 saturated carbocycles. The van der Waals surface area contributed by atoms with Crippen molar-refractivity contribution in [2.24, 2.45) is 5.41 Å².